The first-order valence-corrected chi connectivity index (χ1v) is 8.40. The number of β-amino-alcohol motifs (C(OH)–C–C–N with tert-alkyl or cyclic N) is 1. The van der Waals surface area contributed by atoms with Crippen molar-refractivity contribution in [1.82, 2.24) is 13.5 Å². The van der Waals surface area contributed by atoms with Gasteiger partial charge in [-0.1, -0.05) is 0 Å². The molecule has 1 amide bonds. The lowest BCUT2D eigenvalue weighted by Crippen LogP contribution is -2.61. The van der Waals surface area contributed by atoms with Gasteiger partial charge in [-0.15, -0.1) is 0 Å². The number of hydrogen-bond acceptors (Lipinski definition) is 5. The minimum atomic E-state index is -3.51. The van der Waals surface area contributed by atoms with Gasteiger partial charge < -0.3 is 14.7 Å². The molecule has 8 nitrogen and oxygen atoms in total. The fourth-order valence-electron chi connectivity index (χ4n) is 2.20. The van der Waals surface area contributed by atoms with E-state index in [1.54, 1.807) is 20.8 Å². The van der Waals surface area contributed by atoms with E-state index in [-0.39, 0.29) is 26.2 Å². The molecule has 0 aromatic carbocycles. The molecule has 21 heavy (non-hydrogen) atoms. The molecule has 0 spiro atoms. The largest absolute Gasteiger partial charge is 0.444 e. The number of carbonyl (C=O) groups excluding carboxylic acids is 1. The molecule has 0 atom stereocenters. The van der Waals surface area contributed by atoms with Gasteiger partial charge in [-0.25, -0.2) is 4.79 Å². The Morgan fingerprint density at radius 3 is 2.05 bits per heavy atom. The number of aliphatic hydroxyl groups excluding tert-OH is 1. The zero-order valence-electron chi connectivity index (χ0n) is 12.7. The second kappa shape index (κ2) is 5.71. The van der Waals surface area contributed by atoms with E-state index in [1.165, 1.54) is 13.5 Å². The SMILES string of the molecule is CC(C)(C)OC(=O)N1CCN(S(=O)(=O)N2CC(O)C2)CC1. The molecule has 0 aromatic heterocycles. The molecule has 1 N–H and O–H groups in total. The minimum absolute atomic E-state index is 0.147. The molecule has 0 saturated carbocycles. The molecule has 122 valence electrons. The lowest BCUT2D eigenvalue weighted by Gasteiger charge is -2.41. The zero-order valence-corrected chi connectivity index (χ0v) is 13.5. The molecule has 2 saturated heterocycles. The van der Waals surface area contributed by atoms with Gasteiger partial charge in [0, 0.05) is 39.3 Å². The quantitative estimate of drug-likeness (QED) is 0.738. The standard InChI is InChI=1S/C12H23N3O5S/c1-12(2,3)20-11(17)13-4-6-14(7-5-13)21(18,19)15-8-10(16)9-15/h10,16H,4-9H2,1-3H3. The van der Waals surface area contributed by atoms with Gasteiger partial charge in [0.1, 0.15) is 5.60 Å². The topological polar surface area (TPSA) is 90.4 Å². The van der Waals surface area contributed by atoms with Crippen LogP contribution in [0.15, 0.2) is 0 Å². The van der Waals surface area contributed by atoms with Crippen LogP contribution in [0.4, 0.5) is 4.79 Å². The fraction of sp³-hybridized carbons (Fsp3) is 0.917. The summed E-state index contributed by atoms with van der Waals surface area (Å²) in [7, 11) is -3.51. The average molecular weight is 321 g/mol. The Bertz CT molecular complexity index is 488. The Kier molecular flexibility index (Phi) is 4.48. The van der Waals surface area contributed by atoms with Crippen LogP contribution in [0.3, 0.4) is 0 Å². The third kappa shape index (κ3) is 3.85. The van der Waals surface area contributed by atoms with E-state index in [2.05, 4.69) is 0 Å². The summed E-state index contributed by atoms with van der Waals surface area (Å²) in [4.78, 5) is 13.4. The Hall–Kier alpha value is -0.900. The van der Waals surface area contributed by atoms with Crippen molar-refractivity contribution in [2.24, 2.45) is 0 Å². The maximum Gasteiger partial charge on any atom is 0.410 e. The molecule has 0 radical (unpaired) electrons. The molecule has 2 aliphatic rings. The molecule has 0 bridgehead atoms. The van der Waals surface area contributed by atoms with E-state index in [0.29, 0.717) is 13.1 Å². The first-order chi connectivity index (χ1) is 9.59. The molecule has 2 aliphatic heterocycles. The lowest BCUT2D eigenvalue weighted by molar-refractivity contribution is 0.0177. The number of piperazine rings is 1. The maximum atomic E-state index is 12.2. The van der Waals surface area contributed by atoms with Gasteiger partial charge in [-0.3, -0.25) is 0 Å². The van der Waals surface area contributed by atoms with Crippen LogP contribution in [0.5, 0.6) is 0 Å². The molecule has 2 rings (SSSR count). The highest BCUT2D eigenvalue weighted by molar-refractivity contribution is 7.86. The summed E-state index contributed by atoms with van der Waals surface area (Å²) < 4.78 is 32.3. The summed E-state index contributed by atoms with van der Waals surface area (Å²) in [6.45, 7) is 6.78. The Morgan fingerprint density at radius 1 is 1.10 bits per heavy atom. The molecule has 0 aliphatic carbocycles. The van der Waals surface area contributed by atoms with Crippen molar-refractivity contribution in [3.8, 4) is 0 Å². The normalized spacial score (nSPS) is 23.0. The number of hydrogen-bond donors (Lipinski definition) is 1. The van der Waals surface area contributed by atoms with Gasteiger partial charge in [0.05, 0.1) is 6.10 Å². The van der Waals surface area contributed by atoms with E-state index < -0.39 is 28.0 Å². The third-order valence-electron chi connectivity index (χ3n) is 3.37. The van der Waals surface area contributed by atoms with Crippen LogP contribution in [-0.2, 0) is 14.9 Å². The van der Waals surface area contributed by atoms with Gasteiger partial charge in [-0.05, 0) is 20.8 Å². The number of ether oxygens (including phenoxy) is 1. The molecule has 0 aromatic rings. The highest BCUT2D eigenvalue weighted by Crippen LogP contribution is 2.19. The summed E-state index contributed by atoms with van der Waals surface area (Å²) in [5.74, 6) is 0. The summed E-state index contributed by atoms with van der Waals surface area (Å²) >= 11 is 0. The molecule has 2 heterocycles. The Balaban J connectivity index is 1.87. The Labute approximate surface area is 125 Å². The maximum absolute atomic E-state index is 12.2. The van der Waals surface area contributed by atoms with Crippen molar-refractivity contribution in [3.05, 3.63) is 0 Å². The molecule has 9 heteroatoms. The molecular weight excluding hydrogens is 298 g/mol. The van der Waals surface area contributed by atoms with Crippen molar-refractivity contribution in [2.75, 3.05) is 39.3 Å². The monoisotopic (exact) mass is 321 g/mol. The van der Waals surface area contributed by atoms with E-state index in [4.69, 9.17) is 4.74 Å². The van der Waals surface area contributed by atoms with Gasteiger partial charge >= 0.3 is 6.09 Å². The van der Waals surface area contributed by atoms with Gasteiger partial charge in [-0.2, -0.15) is 17.0 Å². The summed E-state index contributed by atoms with van der Waals surface area (Å²) in [6, 6.07) is 0. The smallest absolute Gasteiger partial charge is 0.410 e. The van der Waals surface area contributed by atoms with Crippen molar-refractivity contribution < 1.29 is 23.1 Å². The minimum Gasteiger partial charge on any atom is -0.444 e. The second-order valence-corrected chi connectivity index (χ2v) is 8.27. The Morgan fingerprint density at radius 2 is 1.62 bits per heavy atom. The number of carbonyl (C=O) groups is 1. The van der Waals surface area contributed by atoms with Crippen LogP contribution in [0, 0.1) is 0 Å². The number of aliphatic hydroxyl groups is 1. The van der Waals surface area contributed by atoms with E-state index in [1.807, 2.05) is 0 Å². The first-order valence-electron chi connectivity index (χ1n) is 7.01. The van der Waals surface area contributed by atoms with Gasteiger partial charge in [0.15, 0.2) is 0 Å². The van der Waals surface area contributed by atoms with Crippen LogP contribution < -0.4 is 0 Å². The number of nitrogens with zero attached hydrogens (tertiary/aromatic N) is 3. The van der Waals surface area contributed by atoms with E-state index in [0.717, 1.165) is 0 Å². The average Bonchev–Trinajstić information content (AvgIpc) is 2.33. The summed E-state index contributed by atoms with van der Waals surface area (Å²) in [6.07, 6.45) is -0.984. The number of rotatable bonds is 2. The van der Waals surface area contributed by atoms with Crippen LogP contribution in [0.25, 0.3) is 0 Å². The summed E-state index contributed by atoms with van der Waals surface area (Å²) in [5.41, 5.74) is -0.561. The van der Waals surface area contributed by atoms with Crippen LogP contribution in [0.2, 0.25) is 0 Å². The van der Waals surface area contributed by atoms with Crippen molar-refractivity contribution >= 4 is 16.3 Å². The highest BCUT2D eigenvalue weighted by Gasteiger charge is 2.40. The molecule has 2 fully saturated rings. The van der Waals surface area contributed by atoms with Crippen molar-refractivity contribution in [2.45, 2.75) is 32.5 Å². The predicted octanol–water partition coefficient (Wildman–Crippen LogP) is -0.540. The van der Waals surface area contributed by atoms with Crippen molar-refractivity contribution in [3.63, 3.8) is 0 Å². The van der Waals surface area contributed by atoms with Crippen LogP contribution in [0.1, 0.15) is 20.8 Å². The second-order valence-electron chi connectivity index (χ2n) is 6.35. The van der Waals surface area contributed by atoms with Crippen molar-refractivity contribution in [1.29, 1.82) is 0 Å². The first kappa shape index (κ1) is 16.5. The van der Waals surface area contributed by atoms with Gasteiger partial charge in [0.2, 0.25) is 0 Å². The zero-order chi connectivity index (χ0) is 15.8. The number of amides is 1. The highest BCUT2D eigenvalue weighted by atomic mass is 32.2. The summed E-state index contributed by atoms with van der Waals surface area (Å²) in [5, 5.41) is 9.21. The molecular formula is C12H23N3O5S. The van der Waals surface area contributed by atoms with E-state index >= 15 is 0 Å². The van der Waals surface area contributed by atoms with Crippen LogP contribution in [-0.4, -0.2) is 84.1 Å². The van der Waals surface area contributed by atoms with Gasteiger partial charge in [0.25, 0.3) is 10.2 Å². The van der Waals surface area contributed by atoms with Crippen LogP contribution >= 0.6 is 0 Å². The van der Waals surface area contributed by atoms with E-state index in [9.17, 15) is 18.3 Å². The molecule has 0 unspecified atom stereocenters. The lowest BCUT2D eigenvalue weighted by atomic mass is 10.2. The fourth-order valence-corrected chi connectivity index (χ4v) is 3.87. The predicted molar refractivity (Wildman–Crippen MR) is 75.9 cm³/mol. The third-order valence-corrected chi connectivity index (χ3v) is 5.34.